The van der Waals surface area contributed by atoms with Gasteiger partial charge in [0.1, 0.15) is 24.0 Å². The first-order valence-corrected chi connectivity index (χ1v) is 11.3. The summed E-state index contributed by atoms with van der Waals surface area (Å²) in [5.74, 6) is 3.10. The van der Waals surface area contributed by atoms with Crippen molar-refractivity contribution in [1.82, 2.24) is 24.4 Å². The predicted octanol–water partition coefficient (Wildman–Crippen LogP) is 1.17. The van der Waals surface area contributed by atoms with Gasteiger partial charge in [0.25, 0.3) is 5.56 Å². The Morgan fingerprint density at radius 3 is 2.23 bits per heavy atom. The summed E-state index contributed by atoms with van der Waals surface area (Å²) >= 11 is 0. The van der Waals surface area contributed by atoms with Crippen LogP contribution in [0.3, 0.4) is 0 Å². The normalized spacial score (nSPS) is 19.2. The van der Waals surface area contributed by atoms with Crippen molar-refractivity contribution in [2.75, 3.05) is 49.1 Å². The molecule has 5 rings (SSSR count). The van der Waals surface area contributed by atoms with Crippen LogP contribution in [0.5, 0.6) is 0 Å². The maximum atomic E-state index is 12.8. The number of rotatable bonds is 5. The van der Waals surface area contributed by atoms with Crippen molar-refractivity contribution in [3.63, 3.8) is 0 Å². The van der Waals surface area contributed by atoms with Gasteiger partial charge in [0.2, 0.25) is 5.91 Å². The van der Waals surface area contributed by atoms with Gasteiger partial charge in [-0.15, -0.1) is 0 Å². The molecule has 31 heavy (non-hydrogen) atoms. The Hall–Kier alpha value is -2.97. The van der Waals surface area contributed by atoms with Crippen LogP contribution in [0.1, 0.15) is 43.1 Å². The molecule has 3 fully saturated rings. The van der Waals surface area contributed by atoms with E-state index in [1.54, 1.807) is 6.07 Å². The molecule has 0 spiro atoms. The van der Waals surface area contributed by atoms with E-state index in [2.05, 4.69) is 30.8 Å². The van der Waals surface area contributed by atoms with Gasteiger partial charge < -0.3 is 14.7 Å². The third-order valence-corrected chi connectivity index (χ3v) is 6.40. The zero-order valence-electron chi connectivity index (χ0n) is 18.0. The first-order chi connectivity index (χ1) is 15.1. The Labute approximate surface area is 181 Å². The Morgan fingerprint density at radius 1 is 0.968 bits per heavy atom. The highest BCUT2D eigenvalue weighted by molar-refractivity contribution is 5.76. The smallest absolute Gasteiger partial charge is 0.254 e. The summed E-state index contributed by atoms with van der Waals surface area (Å²) in [6, 6.07) is 3.65. The number of anilines is 2. The molecule has 3 aliphatic rings. The molecule has 9 nitrogen and oxygen atoms in total. The fourth-order valence-corrected chi connectivity index (χ4v) is 4.40. The zero-order valence-corrected chi connectivity index (χ0v) is 18.0. The summed E-state index contributed by atoms with van der Waals surface area (Å²) in [4.78, 5) is 45.1. The molecule has 1 saturated carbocycles. The minimum absolute atomic E-state index is 0.0423. The molecule has 0 unspecified atom stereocenters. The summed E-state index contributed by atoms with van der Waals surface area (Å²) in [6.45, 7) is 6.74. The lowest BCUT2D eigenvalue weighted by Gasteiger charge is -2.36. The molecule has 0 N–H and O–H groups in total. The van der Waals surface area contributed by atoms with Crippen LogP contribution >= 0.6 is 0 Å². The summed E-state index contributed by atoms with van der Waals surface area (Å²) < 4.78 is 1.41. The highest BCUT2D eigenvalue weighted by Gasteiger charge is 2.27. The van der Waals surface area contributed by atoms with Crippen molar-refractivity contribution in [1.29, 1.82) is 0 Å². The van der Waals surface area contributed by atoms with E-state index in [4.69, 9.17) is 0 Å². The zero-order chi connectivity index (χ0) is 21.4. The average Bonchev–Trinajstić information content (AvgIpc) is 3.48. The van der Waals surface area contributed by atoms with Crippen LogP contribution in [0.25, 0.3) is 0 Å². The lowest BCUT2D eigenvalue weighted by atomic mass is 10.3. The van der Waals surface area contributed by atoms with E-state index in [-0.39, 0.29) is 18.0 Å². The number of amides is 1. The molecule has 2 aromatic rings. The molecule has 1 amide bonds. The van der Waals surface area contributed by atoms with Crippen molar-refractivity contribution in [3.05, 3.63) is 40.3 Å². The van der Waals surface area contributed by atoms with Crippen LogP contribution in [0.15, 0.2) is 23.3 Å². The van der Waals surface area contributed by atoms with Crippen LogP contribution in [-0.4, -0.2) is 69.6 Å². The van der Waals surface area contributed by atoms with E-state index in [9.17, 15) is 9.59 Å². The first-order valence-electron chi connectivity index (χ1n) is 11.3. The van der Waals surface area contributed by atoms with E-state index < -0.39 is 0 Å². The minimum atomic E-state index is -0.144. The van der Waals surface area contributed by atoms with Crippen molar-refractivity contribution in [2.45, 2.75) is 45.1 Å². The van der Waals surface area contributed by atoms with Crippen molar-refractivity contribution < 1.29 is 4.79 Å². The average molecular weight is 424 g/mol. The molecule has 0 bridgehead atoms. The first kappa shape index (κ1) is 20.0. The topological polar surface area (TPSA) is 87.5 Å². The number of hydrogen-bond acceptors (Lipinski definition) is 7. The summed E-state index contributed by atoms with van der Waals surface area (Å²) in [5.41, 5.74) is 0.713. The molecule has 0 atom stereocenters. The van der Waals surface area contributed by atoms with Gasteiger partial charge in [-0.25, -0.2) is 15.0 Å². The molecule has 0 radical (unpaired) electrons. The Morgan fingerprint density at radius 2 is 1.61 bits per heavy atom. The number of aryl methyl sites for hydroxylation is 1. The monoisotopic (exact) mass is 423 g/mol. The third-order valence-electron chi connectivity index (χ3n) is 6.40. The Balaban J connectivity index is 1.20. The summed E-state index contributed by atoms with van der Waals surface area (Å²) in [6.07, 6.45) is 6.14. The molecular weight excluding hydrogens is 394 g/mol. The molecule has 4 heterocycles. The largest absolute Gasteiger partial charge is 0.356 e. The summed E-state index contributed by atoms with van der Waals surface area (Å²) in [7, 11) is 0. The third kappa shape index (κ3) is 4.40. The number of nitrogens with zero attached hydrogens (tertiary/aromatic N) is 7. The van der Waals surface area contributed by atoms with Crippen LogP contribution in [0.4, 0.5) is 11.6 Å². The van der Waals surface area contributed by atoms with Crippen LogP contribution in [-0.2, 0) is 11.3 Å². The van der Waals surface area contributed by atoms with E-state index >= 15 is 0 Å². The minimum Gasteiger partial charge on any atom is -0.356 e. The molecule has 0 aromatic carbocycles. The predicted molar refractivity (Wildman–Crippen MR) is 117 cm³/mol. The summed E-state index contributed by atoms with van der Waals surface area (Å²) in [5, 5.41) is 0. The Bertz CT molecular complexity index is 1020. The van der Waals surface area contributed by atoms with Gasteiger partial charge in [-0.2, -0.15) is 0 Å². The number of hydrogen-bond donors (Lipinski definition) is 0. The molecule has 1 aliphatic carbocycles. The van der Waals surface area contributed by atoms with Crippen LogP contribution in [0, 0.1) is 6.92 Å². The van der Waals surface area contributed by atoms with E-state index in [0.29, 0.717) is 19.0 Å². The van der Waals surface area contributed by atoms with E-state index in [1.165, 1.54) is 23.7 Å². The van der Waals surface area contributed by atoms with Crippen LogP contribution in [0.2, 0.25) is 0 Å². The second-order valence-corrected chi connectivity index (χ2v) is 8.75. The number of carbonyl (C=O) groups is 1. The van der Waals surface area contributed by atoms with Gasteiger partial charge in [-0.1, -0.05) is 0 Å². The lowest BCUT2D eigenvalue weighted by Crippen LogP contribution is -2.50. The Kier molecular flexibility index (Phi) is 5.33. The fourth-order valence-electron chi connectivity index (χ4n) is 4.40. The van der Waals surface area contributed by atoms with Gasteiger partial charge in [0, 0.05) is 57.3 Å². The maximum Gasteiger partial charge on any atom is 0.254 e. The maximum absolute atomic E-state index is 12.8. The van der Waals surface area contributed by atoms with Gasteiger partial charge >= 0.3 is 0 Å². The van der Waals surface area contributed by atoms with E-state index in [0.717, 1.165) is 62.2 Å². The van der Waals surface area contributed by atoms with Crippen molar-refractivity contribution >= 4 is 17.5 Å². The quantitative estimate of drug-likeness (QED) is 0.713. The number of carbonyl (C=O) groups excluding carboxylic acids is 1. The second-order valence-electron chi connectivity index (χ2n) is 8.75. The standard InChI is InChI=1S/C22H29N7O2/c1-16-24-19(26-6-2-3-7-26)13-20(25-16)27-8-10-28(11-9-27)22(31)14-29-15-23-18(12-21(29)30)17-4-5-17/h12-13,15,17H,2-11,14H2,1H3. The molecule has 2 saturated heterocycles. The van der Waals surface area contributed by atoms with Crippen molar-refractivity contribution in [2.24, 2.45) is 0 Å². The van der Waals surface area contributed by atoms with Gasteiger partial charge in [0.15, 0.2) is 0 Å². The molecule has 164 valence electrons. The SMILES string of the molecule is Cc1nc(N2CCCC2)cc(N2CCN(C(=O)Cn3cnc(C4CC4)cc3=O)CC2)n1. The van der Waals surface area contributed by atoms with Crippen molar-refractivity contribution in [3.8, 4) is 0 Å². The van der Waals surface area contributed by atoms with Gasteiger partial charge in [-0.3, -0.25) is 14.2 Å². The molecule has 9 heteroatoms. The molecule has 2 aliphatic heterocycles. The molecule has 2 aromatic heterocycles. The highest BCUT2D eigenvalue weighted by Crippen LogP contribution is 2.38. The van der Waals surface area contributed by atoms with Crippen LogP contribution < -0.4 is 15.4 Å². The van der Waals surface area contributed by atoms with E-state index in [1.807, 2.05) is 11.8 Å². The molecular formula is C22H29N7O2. The fraction of sp³-hybridized carbons (Fsp3) is 0.591. The second kappa shape index (κ2) is 8.28. The van der Waals surface area contributed by atoms with Gasteiger partial charge in [0.05, 0.1) is 12.0 Å². The lowest BCUT2D eigenvalue weighted by molar-refractivity contribution is -0.132. The number of piperazine rings is 1. The highest BCUT2D eigenvalue weighted by atomic mass is 16.2. The van der Waals surface area contributed by atoms with Gasteiger partial charge in [-0.05, 0) is 32.6 Å². The number of aromatic nitrogens is 4.